The quantitative estimate of drug-likeness (QED) is 0.284. The van der Waals surface area contributed by atoms with E-state index in [4.69, 9.17) is 27.9 Å². The van der Waals surface area contributed by atoms with E-state index in [1.165, 1.54) is 24.1 Å². The Bertz CT molecular complexity index is 1320. The van der Waals surface area contributed by atoms with Gasteiger partial charge < -0.3 is 14.9 Å². The molecule has 2 N–H and O–H groups in total. The van der Waals surface area contributed by atoms with Crippen LogP contribution in [-0.4, -0.2) is 29.0 Å². The summed E-state index contributed by atoms with van der Waals surface area (Å²) in [6.45, 7) is 1.76. The number of halogens is 2. The Hall–Kier alpha value is -3.48. The van der Waals surface area contributed by atoms with Gasteiger partial charge in [-0.05, 0) is 66.6 Å². The lowest BCUT2D eigenvalue weighted by Crippen LogP contribution is -2.29. The molecular formula is C25H19Cl2NO5. The summed E-state index contributed by atoms with van der Waals surface area (Å²) in [4.78, 5) is 27.6. The highest BCUT2D eigenvalue weighted by Gasteiger charge is 2.47. The minimum atomic E-state index is -0.997. The fraction of sp³-hybridized carbons (Fsp3) is 0.120. The van der Waals surface area contributed by atoms with Crippen LogP contribution in [0.15, 0.2) is 66.2 Å². The topological polar surface area (TPSA) is 87.1 Å². The van der Waals surface area contributed by atoms with Crippen LogP contribution in [0.1, 0.15) is 22.7 Å². The van der Waals surface area contributed by atoms with Gasteiger partial charge in [-0.15, -0.1) is 0 Å². The largest absolute Gasteiger partial charge is 0.507 e. The van der Waals surface area contributed by atoms with Gasteiger partial charge in [-0.3, -0.25) is 14.5 Å². The van der Waals surface area contributed by atoms with Crippen LogP contribution in [0.2, 0.25) is 10.0 Å². The summed E-state index contributed by atoms with van der Waals surface area (Å²) in [5.41, 5.74) is 1.75. The Morgan fingerprint density at radius 3 is 2.42 bits per heavy atom. The fourth-order valence-electron chi connectivity index (χ4n) is 3.91. The number of aryl methyl sites for hydroxylation is 1. The summed E-state index contributed by atoms with van der Waals surface area (Å²) in [5, 5.41) is 21.6. The number of amides is 1. The van der Waals surface area contributed by atoms with Gasteiger partial charge in [0.25, 0.3) is 11.7 Å². The third-order valence-electron chi connectivity index (χ3n) is 5.51. The highest BCUT2D eigenvalue weighted by Crippen LogP contribution is 2.44. The van der Waals surface area contributed by atoms with E-state index in [1.54, 1.807) is 55.5 Å². The van der Waals surface area contributed by atoms with E-state index in [2.05, 4.69) is 0 Å². The number of hydrogen-bond acceptors (Lipinski definition) is 5. The molecule has 0 bridgehead atoms. The Labute approximate surface area is 200 Å². The second-order valence-corrected chi connectivity index (χ2v) is 8.38. The van der Waals surface area contributed by atoms with E-state index in [0.29, 0.717) is 33.1 Å². The van der Waals surface area contributed by atoms with Gasteiger partial charge >= 0.3 is 0 Å². The first-order valence-electron chi connectivity index (χ1n) is 9.93. The van der Waals surface area contributed by atoms with Crippen molar-refractivity contribution in [3.8, 4) is 11.5 Å². The van der Waals surface area contributed by atoms with Crippen molar-refractivity contribution in [1.82, 2.24) is 0 Å². The molecule has 168 valence electrons. The molecular weight excluding hydrogens is 465 g/mol. The highest BCUT2D eigenvalue weighted by atomic mass is 35.5. The molecule has 3 aromatic rings. The van der Waals surface area contributed by atoms with Crippen molar-refractivity contribution in [2.24, 2.45) is 0 Å². The summed E-state index contributed by atoms with van der Waals surface area (Å²) in [5.74, 6) is -1.56. The number of hydrogen-bond donors (Lipinski definition) is 2. The number of Topliss-reactive ketones (excluding diaryl/α,β-unsaturated/α-hetero) is 1. The first-order valence-corrected chi connectivity index (χ1v) is 10.7. The number of nitrogens with zero attached hydrogens (tertiary/aromatic N) is 1. The van der Waals surface area contributed by atoms with Crippen molar-refractivity contribution < 1.29 is 24.5 Å². The van der Waals surface area contributed by atoms with Gasteiger partial charge in [0.15, 0.2) is 0 Å². The van der Waals surface area contributed by atoms with E-state index < -0.39 is 17.7 Å². The lowest BCUT2D eigenvalue weighted by molar-refractivity contribution is -0.132. The standard InChI is InChI=1S/C25H19Cl2NO5/c1-13-10-17(33-2)7-8-18(13)23(30)21-22(14-6-9-20(29)19(27)11-14)28(25(32)24(21)31)16-5-3-4-15(26)12-16/h3-12,22,29-30H,1-2H3/b23-21-. The number of phenols is 1. The highest BCUT2D eigenvalue weighted by molar-refractivity contribution is 6.52. The first kappa shape index (κ1) is 22.7. The predicted molar refractivity (Wildman–Crippen MR) is 127 cm³/mol. The van der Waals surface area contributed by atoms with Gasteiger partial charge in [0.2, 0.25) is 0 Å². The van der Waals surface area contributed by atoms with E-state index in [0.717, 1.165) is 0 Å². The molecule has 1 heterocycles. The molecule has 1 atom stereocenters. The summed E-state index contributed by atoms with van der Waals surface area (Å²) in [6.07, 6.45) is 0. The normalized spacial score (nSPS) is 17.5. The molecule has 1 aliphatic rings. The Morgan fingerprint density at radius 2 is 1.79 bits per heavy atom. The molecule has 1 amide bonds. The van der Waals surface area contributed by atoms with Crippen LogP contribution in [0.5, 0.6) is 11.5 Å². The summed E-state index contributed by atoms with van der Waals surface area (Å²) in [6, 6.07) is 14.9. The number of phenolic OH excluding ortho intramolecular Hbond substituents is 1. The van der Waals surface area contributed by atoms with Gasteiger partial charge in [-0.2, -0.15) is 0 Å². The number of anilines is 1. The molecule has 1 aliphatic heterocycles. The average Bonchev–Trinajstić information content (AvgIpc) is 3.05. The van der Waals surface area contributed by atoms with Gasteiger partial charge in [0, 0.05) is 16.3 Å². The number of benzene rings is 3. The molecule has 1 unspecified atom stereocenters. The number of ether oxygens (including phenoxy) is 1. The van der Waals surface area contributed by atoms with Crippen LogP contribution in [-0.2, 0) is 9.59 Å². The zero-order chi connectivity index (χ0) is 23.9. The van der Waals surface area contributed by atoms with Crippen molar-refractivity contribution in [3.63, 3.8) is 0 Å². The maximum atomic E-state index is 13.2. The molecule has 0 radical (unpaired) electrons. The van der Waals surface area contributed by atoms with Crippen molar-refractivity contribution in [1.29, 1.82) is 0 Å². The molecule has 0 aromatic heterocycles. The van der Waals surface area contributed by atoms with Crippen LogP contribution in [0.4, 0.5) is 5.69 Å². The van der Waals surface area contributed by atoms with Gasteiger partial charge in [0.05, 0.1) is 23.7 Å². The molecule has 33 heavy (non-hydrogen) atoms. The number of aliphatic hydroxyl groups excluding tert-OH is 1. The van der Waals surface area contributed by atoms with Crippen molar-refractivity contribution in [2.75, 3.05) is 12.0 Å². The van der Waals surface area contributed by atoms with Crippen LogP contribution >= 0.6 is 23.2 Å². The summed E-state index contributed by atoms with van der Waals surface area (Å²) < 4.78 is 5.22. The van der Waals surface area contributed by atoms with Gasteiger partial charge in [-0.25, -0.2) is 0 Å². The second-order valence-electron chi connectivity index (χ2n) is 7.54. The van der Waals surface area contributed by atoms with E-state index >= 15 is 0 Å². The number of carbonyl (C=O) groups is 2. The Morgan fingerprint density at radius 1 is 1.03 bits per heavy atom. The molecule has 0 spiro atoms. The molecule has 3 aromatic carbocycles. The number of aromatic hydroxyl groups is 1. The van der Waals surface area contributed by atoms with Crippen LogP contribution in [0, 0.1) is 6.92 Å². The first-order chi connectivity index (χ1) is 15.7. The van der Waals surface area contributed by atoms with E-state index in [9.17, 15) is 19.8 Å². The lowest BCUT2D eigenvalue weighted by atomic mass is 9.93. The van der Waals surface area contributed by atoms with Crippen LogP contribution in [0.25, 0.3) is 5.76 Å². The molecule has 0 saturated carbocycles. The zero-order valence-electron chi connectivity index (χ0n) is 17.7. The van der Waals surface area contributed by atoms with Crippen LogP contribution in [0.3, 0.4) is 0 Å². The number of methoxy groups -OCH3 is 1. The van der Waals surface area contributed by atoms with Gasteiger partial charge in [0.1, 0.15) is 17.3 Å². The predicted octanol–water partition coefficient (Wildman–Crippen LogP) is 5.64. The Balaban J connectivity index is 1.98. The molecule has 6 nitrogen and oxygen atoms in total. The molecule has 1 fully saturated rings. The maximum absolute atomic E-state index is 13.2. The smallest absolute Gasteiger partial charge is 0.300 e. The third-order valence-corrected chi connectivity index (χ3v) is 6.04. The maximum Gasteiger partial charge on any atom is 0.300 e. The Kier molecular flexibility index (Phi) is 6.06. The zero-order valence-corrected chi connectivity index (χ0v) is 19.2. The molecule has 4 rings (SSSR count). The number of aliphatic hydroxyl groups is 1. The number of ketones is 1. The number of rotatable bonds is 4. The van der Waals surface area contributed by atoms with Crippen LogP contribution < -0.4 is 9.64 Å². The second kappa shape index (κ2) is 8.81. The van der Waals surface area contributed by atoms with Crippen molar-refractivity contribution in [3.05, 3.63) is 93.0 Å². The minimum Gasteiger partial charge on any atom is -0.507 e. The third kappa shape index (κ3) is 4.03. The fourth-order valence-corrected chi connectivity index (χ4v) is 4.28. The van der Waals surface area contributed by atoms with Crippen molar-refractivity contribution >= 4 is 46.3 Å². The summed E-state index contributed by atoms with van der Waals surface area (Å²) in [7, 11) is 1.53. The van der Waals surface area contributed by atoms with E-state index in [1.807, 2.05) is 0 Å². The summed E-state index contributed by atoms with van der Waals surface area (Å²) >= 11 is 12.3. The molecule has 1 saturated heterocycles. The monoisotopic (exact) mass is 483 g/mol. The minimum absolute atomic E-state index is 0.0461. The van der Waals surface area contributed by atoms with Gasteiger partial charge in [-0.1, -0.05) is 35.3 Å². The van der Waals surface area contributed by atoms with Crippen molar-refractivity contribution in [2.45, 2.75) is 13.0 Å². The van der Waals surface area contributed by atoms with E-state index in [-0.39, 0.29) is 22.1 Å². The number of carbonyl (C=O) groups excluding carboxylic acids is 2. The average molecular weight is 484 g/mol. The molecule has 8 heteroatoms. The SMILES string of the molecule is COc1ccc(/C(O)=C2/C(=O)C(=O)N(c3cccc(Cl)c3)C2c2ccc(O)c(Cl)c2)c(C)c1. The molecule has 0 aliphatic carbocycles. The lowest BCUT2D eigenvalue weighted by Gasteiger charge is -2.26.